The Morgan fingerprint density at radius 1 is 0.348 bits per heavy atom. The maximum absolute atomic E-state index is 2.67. The van der Waals surface area contributed by atoms with E-state index in [1.807, 2.05) is 0 Å². The van der Waals surface area contributed by atoms with E-state index in [0.717, 1.165) is 0 Å². The van der Waals surface area contributed by atoms with Gasteiger partial charge in [-0.3, -0.25) is 0 Å². The Morgan fingerprint density at radius 2 is 0.727 bits per heavy atom. The highest BCUT2D eigenvalue weighted by Crippen LogP contribution is 2.58. The van der Waals surface area contributed by atoms with Gasteiger partial charge in [-0.05, 0) is 156 Å². The number of hydrogen-bond acceptors (Lipinski definition) is 1. The molecule has 0 aliphatic heterocycles. The fourth-order valence-electron chi connectivity index (χ4n) is 12.7. The van der Waals surface area contributed by atoms with Gasteiger partial charge in [0.25, 0.3) is 0 Å². The second-order valence-electron chi connectivity index (χ2n) is 21.0. The summed E-state index contributed by atoms with van der Waals surface area (Å²) >= 11 is 0. The van der Waals surface area contributed by atoms with E-state index in [-0.39, 0.29) is 10.8 Å². The molecule has 3 aliphatic carbocycles. The first kappa shape index (κ1) is 46.2. The fraction of sp³-hybridized carbons (Fsp3) is 0.446. The van der Waals surface area contributed by atoms with Crippen molar-refractivity contribution in [1.82, 2.24) is 0 Å². The highest BCUT2D eigenvalue weighted by Gasteiger charge is 2.44. The first-order chi connectivity index (χ1) is 32.3. The molecule has 1 nitrogen and oxygen atoms in total. The van der Waals surface area contributed by atoms with Crippen LogP contribution in [0.25, 0.3) is 33.4 Å². The number of aryl methyl sites for hydroxylation is 4. The molecule has 1 heteroatoms. The lowest BCUT2D eigenvalue weighted by Crippen LogP contribution is -2.26. The van der Waals surface area contributed by atoms with Crippen LogP contribution >= 0.6 is 0 Å². The normalized spacial score (nSPS) is 16.0. The minimum absolute atomic E-state index is 0.0168. The maximum atomic E-state index is 2.67. The van der Waals surface area contributed by atoms with Crippen molar-refractivity contribution in [3.8, 4) is 33.4 Å². The molecule has 0 heterocycles. The predicted octanol–water partition coefficient (Wildman–Crippen LogP) is 19.6. The number of unbranched alkanes of at least 4 members (excludes halogenated alkanes) is 11. The molecule has 9 rings (SSSR count). The van der Waals surface area contributed by atoms with Crippen molar-refractivity contribution >= 4 is 17.1 Å². The molecule has 0 bridgehead atoms. The van der Waals surface area contributed by atoms with Crippen LogP contribution in [-0.4, -0.2) is 0 Å². The van der Waals surface area contributed by atoms with Crippen molar-refractivity contribution in [3.05, 3.63) is 160 Å². The Morgan fingerprint density at radius 3 is 1.15 bits per heavy atom. The van der Waals surface area contributed by atoms with Crippen LogP contribution in [0.15, 0.2) is 115 Å². The van der Waals surface area contributed by atoms with Crippen molar-refractivity contribution in [2.24, 2.45) is 0 Å². The molecule has 0 aromatic heterocycles. The molecule has 0 N–H and O–H groups in total. The van der Waals surface area contributed by atoms with Gasteiger partial charge in [-0.2, -0.15) is 0 Å². The summed E-state index contributed by atoms with van der Waals surface area (Å²) in [7, 11) is 0. The maximum Gasteiger partial charge on any atom is 0.0465 e. The van der Waals surface area contributed by atoms with Gasteiger partial charge >= 0.3 is 0 Å². The molecule has 0 fully saturated rings. The van der Waals surface area contributed by atoms with Crippen molar-refractivity contribution in [1.29, 1.82) is 0 Å². The lowest BCUT2D eigenvalue weighted by Gasteiger charge is -2.35. The number of anilines is 3. The van der Waals surface area contributed by atoms with Crippen LogP contribution in [0.1, 0.15) is 194 Å². The van der Waals surface area contributed by atoms with E-state index in [1.165, 1.54) is 208 Å². The van der Waals surface area contributed by atoms with E-state index in [1.54, 1.807) is 22.3 Å². The molecule has 0 amide bonds. The van der Waals surface area contributed by atoms with Crippen molar-refractivity contribution in [2.45, 2.75) is 187 Å². The van der Waals surface area contributed by atoms with Crippen LogP contribution in [-0.2, 0) is 23.7 Å². The SMILES string of the molecule is CCCCCCC1(CCCCC)c2cc(C)ccc2-c2ccc(N(c3ccc(-c4ccc5c(c4)CC5)cc3)c3ccc4c(c3)C(CCCCCC)(CCCCCC)c3cc(C)ccc3-4)cc21. The van der Waals surface area contributed by atoms with Crippen molar-refractivity contribution in [2.75, 3.05) is 4.90 Å². The number of fused-ring (bicyclic) bond motifs is 7. The number of hydrogen-bond donors (Lipinski definition) is 0. The molecular formula is C65H79N. The van der Waals surface area contributed by atoms with Crippen molar-refractivity contribution in [3.63, 3.8) is 0 Å². The van der Waals surface area contributed by atoms with E-state index in [2.05, 4.69) is 162 Å². The third-order valence-corrected chi connectivity index (χ3v) is 16.4. The summed E-state index contributed by atoms with van der Waals surface area (Å²) in [5, 5.41) is 0. The second-order valence-corrected chi connectivity index (χ2v) is 21.0. The third-order valence-electron chi connectivity index (χ3n) is 16.4. The molecule has 0 spiro atoms. The molecule has 3 aliphatic rings. The minimum atomic E-state index is 0.0168. The smallest absolute Gasteiger partial charge is 0.0465 e. The van der Waals surface area contributed by atoms with Crippen LogP contribution in [0.5, 0.6) is 0 Å². The molecule has 66 heavy (non-hydrogen) atoms. The van der Waals surface area contributed by atoms with Gasteiger partial charge in [-0.25, -0.2) is 0 Å². The number of benzene rings is 6. The molecule has 0 saturated heterocycles. The summed E-state index contributed by atoms with van der Waals surface area (Å²) in [5.41, 5.74) is 24.4. The first-order valence-corrected chi connectivity index (χ1v) is 26.9. The zero-order valence-electron chi connectivity index (χ0n) is 41.8. The van der Waals surface area contributed by atoms with Crippen molar-refractivity contribution < 1.29 is 0 Å². The van der Waals surface area contributed by atoms with E-state index < -0.39 is 0 Å². The highest BCUT2D eigenvalue weighted by atomic mass is 15.1. The molecule has 0 saturated carbocycles. The number of nitrogens with zero attached hydrogens (tertiary/aromatic N) is 1. The van der Waals surface area contributed by atoms with Gasteiger partial charge in [-0.1, -0.05) is 214 Å². The average Bonchev–Trinajstić information content (AvgIpc) is 3.73. The van der Waals surface area contributed by atoms with E-state index in [4.69, 9.17) is 0 Å². The summed E-state index contributed by atoms with van der Waals surface area (Å²) in [6.07, 6.45) is 26.6. The topological polar surface area (TPSA) is 3.24 Å². The van der Waals surface area contributed by atoms with Gasteiger partial charge in [0.1, 0.15) is 0 Å². The molecule has 6 aromatic carbocycles. The van der Waals surface area contributed by atoms with E-state index in [9.17, 15) is 0 Å². The molecule has 1 unspecified atom stereocenters. The minimum Gasteiger partial charge on any atom is -0.310 e. The average molecular weight is 874 g/mol. The largest absolute Gasteiger partial charge is 0.310 e. The Kier molecular flexibility index (Phi) is 14.4. The van der Waals surface area contributed by atoms with Crippen LogP contribution in [0.4, 0.5) is 17.1 Å². The molecule has 0 radical (unpaired) electrons. The second kappa shape index (κ2) is 20.6. The molecule has 6 aromatic rings. The monoisotopic (exact) mass is 874 g/mol. The highest BCUT2D eigenvalue weighted by molar-refractivity contribution is 5.89. The van der Waals surface area contributed by atoms with Gasteiger partial charge in [-0.15, -0.1) is 0 Å². The molecule has 1 atom stereocenters. The summed E-state index contributed by atoms with van der Waals surface area (Å²) in [5.74, 6) is 0. The van der Waals surface area contributed by atoms with E-state index in [0.29, 0.717) is 0 Å². The van der Waals surface area contributed by atoms with Gasteiger partial charge in [0.2, 0.25) is 0 Å². The predicted molar refractivity (Wildman–Crippen MR) is 286 cm³/mol. The van der Waals surface area contributed by atoms with Crippen LogP contribution in [0.2, 0.25) is 0 Å². The molecule has 344 valence electrons. The standard InChI is InChI=1S/C65H79N/c1-7-11-15-19-39-64(38-18-14-10-4)60-42-47(5)22-34-56(60)58-36-32-54(45-62(58)64)66(53-30-28-50(29-31-53)52-27-25-49-24-26-51(49)44-52)55-33-37-59-57-35-23-48(6)43-61(57)65(63(59)46-55,40-20-16-12-8-2)41-21-17-13-9-3/h22-23,25,27-37,42-46H,7-21,24,26,38-41H2,1-6H3. The summed E-state index contributed by atoms with van der Waals surface area (Å²) in [4.78, 5) is 2.64. The van der Waals surface area contributed by atoms with Gasteiger partial charge in [0, 0.05) is 27.9 Å². The van der Waals surface area contributed by atoms with Gasteiger partial charge < -0.3 is 4.90 Å². The summed E-state index contributed by atoms with van der Waals surface area (Å²) in [6, 6.07) is 46.7. The summed E-state index contributed by atoms with van der Waals surface area (Å²) in [6.45, 7) is 14.0. The Labute approximate surface area is 400 Å². The Bertz CT molecular complexity index is 2590. The van der Waals surface area contributed by atoms with Crippen LogP contribution < -0.4 is 4.90 Å². The fourth-order valence-corrected chi connectivity index (χ4v) is 12.7. The lowest BCUT2D eigenvalue weighted by atomic mass is 9.70. The summed E-state index contributed by atoms with van der Waals surface area (Å²) < 4.78 is 0. The van der Waals surface area contributed by atoms with E-state index >= 15 is 0 Å². The number of rotatable bonds is 23. The van der Waals surface area contributed by atoms with Crippen LogP contribution in [0, 0.1) is 13.8 Å². The first-order valence-electron chi connectivity index (χ1n) is 26.9. The molecular weight excluding hydrogens is 795 g/mol. The lowest BCUT2D eigenvalue weighted by molar-refractivity contribution is 0.401. The van der Waals surface area contributed by atoms with Gasteiger partial charge in [0.15, 0.2) is 0 Å². The van der Waals surface area contributed by atoms with Gasteiger partial charge in [0.05, 0.1) is 0 Å². The Hall–Kier alpha value is -4.88. The zero-order valence-corrected chi connectivity index (χ0v) is 41.8. The zero-order chi connectivity index (χ0) is 45.7. The van der Waals surface area contributed by atoms with Crippen LogP contribution in [0.3, 0.4) is 0 Å². The Balaban J connectivity index is 1.21. The quantitative estimate of drug-likeness (QED) is 0.0580. The third kappa shape index (κ3) is 8.86.